The van der Waals surface area contributed by atoms with Gasteiger partial charge in [-0.25, -0.2) is 13.2 Å². The maximum Gasteiger partial charge on any atom is 0.302 e. The molecule has 0 radical (unpaired) electrons. The molecule has 4 unspecified atom stereocenters. The topological polar surface area (TPSA) is 43.9 Å². The summed E-state index contributed by atoms with van der Waals surface area (Å²) in [4.78, 5) is 4.18. The van der Waals surface area contributed by atoms with E-state index in [9.17, 15) is 4.39 Å². The summed E-state index contributed by atoms with van der Waals surface area (Å²) in [5.41, 5.74) is -1.11. The van der Waals surface area contributed by atoms with Gasteiger partial charge in [0, 0.05) is 5.56 Å². The summed E-state index contributed by atoms with van der Waals surface area (Å²) in [6.45, 7) is 4.04. The van der Waals surface area contributed by atoms with Gasteiger partial charge in [-0.1, -0.05) is 52.4 Å². The van der Waals surface area contributed by atoms with Gasteiger partial charge in [0.25, 0.3) is 0 Å². The minimum Gasteiger partial charge on any atom is -0.489 e. The van der Waals surface area contributed by atoms with Gasteiger partial charge in [-0.15, -0.1) is 0 Å². The van der Waals surface area contributed by atoms with E-state index >= 15 is 17.6 Å². The number of hydrogen-bond donors (Lipinski definition) is 0. The third-order valence-corrected chi connectivity index (χ3v) is 7.51. The number of aryl methyl sites for hydroxylation is 1. The number of unbranched alkanes of at least 4 members (excludes halogenated alkanes) is 4. The molecule has 1 aliphatic heterocycles. The van der Waals surface area contributed by atoms with Gasteiger partial charge in [0.05, 0.1) is 30.2 Å². The zero-order valence-electron chi connectivity index (χ0n) is 22.7. The van der Waals surface area contributed by atoms with Crippen molar-refractivity contribution in [2.24, 2.45) is 0 Å². The van der Waals surface area contributed by atoms with Crippen LogP contribution in [0.2, 0.25) is 0 Å². The predicted molar refractivity (Wildman–Crippen MR) is 139 cm³/mol. The van der Waals surface area contributed by atoms with Crippen molar-refractivity contribution in [1.82, 2.24) is 4.98 Å². The van der Waals surface area contributed by atoms with Crippen molar-refractivity contribution in [3.05, 3.63) is 47.2 Å². The molecule has 2 heterocycles. The van der Waals surface area contributed by atoms with E-state index in [-0.39, 0.29) is 48.3 Å². The molecule has 0 N–H and O–H groups in total. The Morgan fingerprint density at radius 3 is 2.56 bits per heavy atom. The van der Waals surface area contributed by atoms with E-state index in [4.69, 9.17) is 14.2 Å². The maximum atomic E-state index is 15.2. The molecule has 0 saturated carbocycles. The SMILES string of the molecule is CCCCCCC(F)COC1CCc2cc(-c3ccc(OCC4OC4CCCC)cn3)c(F)c(F)c2C1(F)F. The first-order valence-electron chi connectivity index (χ1n) is 14.2. The van der Waals surface area contributed by atoms with Gasteiger partial charge in [0.1, 0.15) is 30.7 Å². The molecular weight excluding hydrogens is 517 g/mol. The zero-order valence-corrected chi connectivity index (χ0v) is 22.7. The highest BCUT2D eigenvalue weighted by molar-refractivity contribution is 5.63. The molecule has 1 aliphatic carbocycles. The highest BCUT2D eigenvalue weighted by atomic mass is 19.3. The van der Waals surface area contributed by atoms with E-state index in [0.29, 0.717) is 18.8 Å². The first-order valence-corrected chi connectivity index (χ1v) is 14.2. The Balaban J connectivity index is 1.39. The smallest absolute Gasteiger partial charge is 0.302 e. The van der Waals surface area contributed by atoms with E-state index in [1.54, 1.807) is 6.07 Å². The van der Waals surface area contributed by atoms with Crippen molar-refractivity contribution >= 4 is 0 Å². The first-order chi connectivity index (χ1) is 18.8. The second-order valence-corrected chi connectivity index (χ2v) is 10.6. The minimum absolute atomic E-state index is 0.00348. The van der Waals surface area contributed by atoms with Crippen LogP contribution in [0.15, 0.2) is 24.4 Å². The van der Waals surface area contributed by atoms with Crippen LogP contribution in [0.25, 0.3) is 11.3 Å². The molecule has 4 rings (SSSR count). The second-order valence-electron chi connectivity index (χ2n) is 10.6. The lowest BCUT2D eigenvalue weighted by atomic mass is 9.84. The van der Waals surface area contributed by atoms with Gasteiger partial charge in [0.2, 0.25) is 0 Å². The Bertz CT molecular complexity index is 1080. The largest absolute Gasteiger partial charge is 0.489 e. The minimum atomic E-state index is -3.79. The van der Waals surface area contributed by atoms with Crippen LogP contribution in [-0.4, -0.2) is 42.7 Å². The molecule has 9 heteroatoms. The molecular formula is C30H38F5NO3. The molecule has 216 valence electrons. The molecule has 4 atom stereocenters. The van der Waals surface area contributed by atoms with E-state index in [1.807, 2.05) is 6.92 Å². The third kappa shape index (κ3) is 7.28. The molecule has 39 heavy (non-hydrogen) atoms. The quantitative estimate of drug-likeness (QED) is 0.127. The number of halogens is 5. The predicted octanol–water partition coefficient (Wildman–Crippen LogP) is 8.09. The average molecular weight is 556 g/mol. The molecule has 1 aromatic carbocycles. The fraction of sp³-hybridized carbons (Fsp3) is 0.633. The lowest BCUT2D eigenvalue weighted by molar-refractivity contribution is -0.160. The average Bonchev–Trinajstić information content (AvgIpc) is 3.68. The molecule has 2 aliphatic rings. The molecule has 0 amide bonds. The Labute approximate surface area is 227 Å². The Hall–Kier alpha value is -2.26. The van der Waals surface area contributed by atoms with Gasteiger partial charge >= 0.3 is 5.92 Å². The maximum absolute atomic E-state index is 15.2. The molecule has 0 bridgehead atoms. The molecule has 1 aromatic heterocycles. The van der Waals surface area contributed by atoms with Crippen molar-refractivity contribution < 1.29 is 36.2 Å². The summed E-state index contributed by atoms with van der Waals surface area (Å²) in [6.07, 6.45) is 5.41. The number of benzene rings is 1. The summed E-state index contributed by atoms with van der Waals surface area (Å²) in [5.74, 6) is -6.36. The van der Waals surface area contributed by atoms with Crippen molar-refractivity contribution in [3.8, 4) is 17.0 Å². The Morgan fingerprint density at radius 1 is 1.05 bits per heavy atom. The van der Waals surface area contributed by atoms with Crippen LogP contribution in [-0.2, 0) is 21.8 Å². The lowest BCUT2D eigenvalue weighted by Gasteiger charge is -2.34. The van der Waals surface area contributed by atoms with Crippen LogP contribution in [0.4, 0.5) is 22.0 Å². The number of ether oxygens (including phenoxy) is 3. The fourth-order valence-corrected chi connectivity index (χ4v) is 5.12. The summed E-state index contributed by atoms with van der Waals surface area (Å²) >= 11 is 0. The van der Waals surface area contributed by atoms with Crippen molar-refractivity contribution in [3.63, 3.8) is 0 Å². The second kappa shape index (κ2) is 13.4. The molecule has 1 saturated heterocycles. The third-order valence-electron chi connectivity index (χ3n) is 7.51. The number of nitrogens with zero attached hydrogens (tertiary/aromatic N) is 1. The zero-order chi connectivity index (χ0) is 28.0. The van der Waals surface area contributed by atoms with Crippen molar-refractivity contribution in [1.29, 1.82) is 0 Å². The molecule has 0 spiro atoms. The van der Waals surface area contributed by atoms with E-state index in [1.165, 1.54) is 18.3 Å². The number of pyridine rings is 1. The molecule has 1 fully saturated rings. The van der Waals surface area contributed by atoms with Gasteiger partial charge in [-0.3, -0.25) is 4.98 Å². The summed E-state index contributed by atoms with van der Waals surface area (Å²) in [6, 6.07) is 4.27. The normalized spacial score (nSPS) is 22.4. The lowest BCUT2D eigenvalue weighted by Crippen LogP contribution is -2.40. The van der Waals surface area contributed by atoms with Crippen LogP contribution in [0.5, 0.6) is 5.75 Å². The highest BCUT2D eigenvalue weighted by Gasteiger charge is 2.50. The van der Waals surface area contributed by atoms with Crippen LogP contribution in [0.3, 0.4) is 0 Å². The number of fused-ring (bicyclic) bond motifs is 1. The Kier molecular flexibility index (Phi) is 10.2. The van der Waals surface area contributed by atoms with Crippen molar-refractivity contribution in [2.45, 2.75) is 108 Å². The van der Waals surface area contributed by atoms with Crippen molar-refractivity contribution in [2.75, 3.05) is 13.2 Å². The Morgan fingerprint density at radius 2 is 1.85 bits per heavy atom. The number of aromatic nitrogens is 1. The summed E-state index contributed by atoms with van der Waals surface area (Å²) in [7, 11) is 0. The van der Waals surface area contributed by atoms with Gasteiger partial charge in [-0.05, 0) is 49.4 Å². The number of alkyl halides is 3. The van der Waals surface area contributed by atoms with Crippen LogP contribution in [0, 0.1) is 11.6 Å². The van der Waals surface area contributed by atoms with Crippen LogP contribution < -0.4 is 4.74 Å². The number of epoxide rings is 1. The number of hydrogen-bond acceptors (Lipinski definition) is 4. The van der Waals surface area contributed by atoms with Gasteiger partial charge in [0.15, 0.2) is 11.6 Å². The van der Waals surface area contributed by atoms with Crippen LogP contribution >= 0.6 is 0 Å². The standard InChI is InChI=1S/C30H38F5NO3/c1-3-5-7-8-9-20(31)17-38-26-14-11-19-15-22(28(32)29(33)27(19)30(26,34)35)23-13-12-21(16-36-23)37-18-25-24(39-25)10-6-4-2/h12-13,15-16,20,24-26H,3-11,14,17-18H2,1-2H3. The monoisotopic (exact) mass is 555 g/mol. The van der Waals surface area contributed by atoms with Crippen LogP contribution in [0.1, 0.15) is 82.8 Å². The van der Waals surface area contributed by atoms with E-state index in [2.05, 4.69) is 11.9 Å². The number of rotatable bonds is 15. The fourth-order valence-electron chi connectivity index (χ4n) is 5.12. The molecule has 2 aromatic rings. The highest BCUT2D eigenvalue weighted by Crippen LogP contribution is 2.45. The first kappa shape index (κ1) is 29.7. The summed E-state index contributed by atoms with van der Waals surface area (Å²) < 4.78 is 91.3. The van der Waals surface area contributed by atoms with Gasteiger partial charge < -0.3 is 14.2 Å². The van der Waals surface area contributed by atoms with E-state index in [0.717, 1.165) is 38.5 Å². The van der Waals surface area contributed by atoms with Gasteiger partial charge in [-0.2, -0.15) is 8.78 Å². The van der Waals surface area contributed by atoms with E-state index < -0.39 is 42.0 Å². The summed E-state index contributed by atoms with van der Waals surface area (Å²) in [5, 5.41) is 0. The molecule has 4 nitrogen and oxygen atoms in total.